The Morgan fingerprint density at radius 1 is 0.515 bits per heavy atom. The van der Waals surface area contributed by atoms with Gasteiger partial charge in [-0.15, -0.1) is 0 Å². The summed E-state index contributed by atoms with van der Waals surface area (Å²) in [6.45, 7) is 4.66. The summed E-state index contributed by atoms with van der Waals surface area (Å²) >= 11 is 0. The molecule has 3 atom stereocenters. The van der Waals surface area contributed by atoms with Gasteiger partial charge in [0.05, 0.1) is 39.9 Å². The monoisotopic (exact) mass is 951 g/mol. The largest absolute Gasteiger partial charge is 0.756 e. The minimum absolute atomic E-state index is 0.00664. The number of phosphoric acid groups is 1. The molecule has 9 heteroatoms. The van der Waals surface area contributed by atoms with Crippen LogP contribution in [-0.2, 0) is 18.4 Å². The van der Waals surface area contributed by atoms with Gasteiger partial charge in [-0.25, -0.2) is 0 Å². The lowest BCUT2D eigenvalue weighted by Gasteiger charge is -2.29. The van der Waals surface area contributed by atoms with Crippen LogP contribution in [0.25, 0.3) is 0 Å². The fourth-order valence-electron chi connectivity index (χ4n) is 8.34. The molecule has 0 saturated heterocycles. The van der Waals surface area contributed by atoms with E-state index in [0.29, 0.717) is 17.4 Å². The van der Waals surface area contributed by atoms with Gasteiger partial charge in [-0.2, -0.15) is 0 Å². The van der Waals surface area contributed by atoms with Crippen molar-refractivity contribution in [3.05, 3.63) is 36.5 Å². The van der Waals surface area contributed by atoms with Crippen LogP contribution in [0.4, 0.5) is 0 Å². The van der Waals surface area contributed by atoms with Crippen LogP contribution in [0, 0.1) is 0 Å². The van der Waals surface area contributed by atoms with Gasteiger partial charge in [-0.1, -0.05) is 243 Å². The Bertz CT molecular complexity index is 1170. The standard InChI is InChI=1S/C57H111N2O6P/c1-6-8-10-12-14-16-18-20-22-24-26-28-29-30-31-32-34-36-38-40-42-44-46-48-50-56(60)55(54-65-66(62,63)64-53-52-59(3,4)5)58-57(61)51-49-47-45-43-41-39-37-35-33-27-25-23-21-19-17-15-13-11-9-7-2/h27,33,40,42,48,50,55-56,60H,6-26,28-32,34-39,41,43-47,49,51-54H2,1-5H3,(H-,58,61,62,63)/b33-27-,42-40+,50-48+. The summed E-state index contributed by atoms with van der Waals surface area (Å²) in [5.41, 5.74) is 0. The third kappa shape index (κ3) is 50.6. The van der Waals surface area contributed by atoms with E-state index in [-0.39, 0.29) is 12.5 Å². The molecular formula is C57H111N2O6P. The van der Waals surface area contributed by atoms with E-state index in [4.69, 9.17) is 9.05 Å². The van der Waals surface area contributed by atoms with E-state index < -0.39 is 26.6 Å². The number of aliphatic hydroxyl groups excluding tert-OH is 1. The van der Waals surface area contributed by atoms with Crippen LogP contribution in [0.15, 0.2) is 36.5 Å². The lowest BCUT2D eigenvalue weighted by molar-refractivity contribution is -0.870. The van der Waals surface area contributed by atoms with E-state index in [1.165, 1.54) is 212 Å². The number of amides is 1. The third-order valence-corrected chi connectivity index (χ3v) is 13.8. The van der Waals surface area contributed by atoms with Crippen LogP contribution in [-0.4, -0.2) is 68.5 Å². The quantitative estimate of drug-likeness (QED) is 0.0272. The zero-order chi connectivity index (χ0) is 48.5. The van der Waals surface area contributed by atoms with Gasteiger partial charge >= 0.3 is 0 Å². The Morgan fingerprint density at radius 2 is 0.848 bits per heavy atom. The summed E-state index contributed by atoms with van der Waals surface area (Å²) in [6, 6.07) is -0.905. The van der Waals surface area contributed by atoms with Crippen molar-refractivity contribution >= 4 is 13.7 Å². The summed E-state index contributed by atoms with van der Waals surface area (Å²) in [4.78, 5) is 25.5. The smallest absolute Gasteiger partial charge is 0.268 e. The fraction of sp³-hybridized carbons (Fsp3) is 0.877. The minimum atomic E-state index is -4.60. The highest BCUT2D eigenvalue weighted by molar-refractivity contribution is 7.45. The third-order valence-electron chi connectivity index (χ3n) is 12.8. The normalized spacial score (nSPS) is 14.2. The van der Waals surface area contributed by atoms with Crippen molar-refractivity contribution < 1.29 is 32.9 Å². The zero-order valence-electron chi connectivity index (χ0n) is 44.4. The lowest BCUT2D eigenvalue weighted by Crippen LogP contribution is -2.45. The Kier molecular flexibility index (Phi) is 47.8. The van der Waals surface area contributed by atoms with Gasteiger partial charge in [0, 0.05) is 6.42 Å². The maximum absolute atomic E-state index is 12.9. The molecule has 0 radical (unpaired) electrons. The molecule has 0 spiro atoms. The first-order valence-corrected chi connectivity index (χ1v) is 29.8. The van der Waals surface area contributed by atoms with Crippen molar-refractivity contribution in [1.82, 2.24) is 5.32 Å². The fourth-order valence-corrected chi connectivity index (χ4v) is 9.06. The lowest BCUT2D eigenvalue weighted by atomic mass is 10.0. The number of aliphatic hydroxyl groups is 1. The molecule has 0 aromatic rings. The van der Waals surface area contributed by atoms with E-state index in [9.17, 15) is 19.4 Å². The van der Waals surface area contributed by atoms with E-state index in [2.05, 4.69) is 43.5 Å². The summed E-state index contributed by atoms with van der Waals surface area (Å²) in [5, 5.41) is 13.9. The summed E-state index contributed by atoms with van der Waals surface area (Å²) in [7, 11) is 1.25. The number of nitrogens with one attached hydrogen (secondary N) is 1. The van der Waals surface area contributed by atoms with Gasteiger partial charge < -0.3 is 28.8 Å². The molecule has 0 aliphatic carbocycles. The highest BCUT2D eigenvalue weighted by atomic mass is 31.2. The van der Waals surface area contributed by atoms with Gasteiger partial charge in [-0.3, -0.25) is 9.36 Å². The molecule has 0 rings (SSSR count). The van der Waals surface area contributed by atoms with Crippen molar-refractivity contribution in [3.63, 3.8) is 0 Å². The number of quaternary nitrogens is 1. The van der Waals surface area contributed by atoms with Crippen molar-refractivity contribution in [1.29, 1.82) is 0 Å². The average Bonchev–Trinajstić information content (AvgIpc) is 3.28. The average molecular weight is 951 g/mol. The van der Waals surface area contributed by atoms with Crippen molar-refractivity contribution in [2.45, 2.75) is 283 Å². The molecule has 0 saturated carbocycles. The molecule has 66 heavy (non-hydrogen) atoms. The van der Waals surface area contributed by atoms with E-state index in [0.717, 1.165) is 38.5 Å². The molecule has 3 unspecified atom stereocenters. The van der Waals surface area contributed by atoms with E-state index >= 15 is 0 Å². The molecular weight excluding hydrogens is 840 g/mol. The van der Waals surface area contributed by atoms with Crippen LogP contribution < -0.4 is 10.2 Å². The second-order valence-electron chi connectivity index (χ2n) is 20.6. The molecule has 0 aromatic carbocycles. The SMILES string of the molecule is CCCCCCCCCCC/C=C\CCCCCCCCCC(=O)NC(COP(=O)([O-])OCC[N+](C)(C)C)C(O)/C=C/CC/C=C/CCCCCCCCCCCCCCCCCCCC. The predicted molar refractivity (Wildman–Crippen MR) is 284 cm³/mol. The van der Waals surface area contributed by atoms with Crippen molar-refractivity contribution in [2.24, 2.45) is 0 Å². The molecule has 0 bridgehead atoms. The number of nitrogens with zero attached hydrogens (tertiary/aromatic N) is 1. The summed E-state index contributed by atoms with van der Waals surface area (Å²) in [6.07, 6.45) is 62.2. The molecule has 390 valence electrons. The van der Waals surface area contributed by atoms with Crippen molar-refractivity contribution in [3.8, 4) is 0 Å². The highest BCUT2D eigenvalue weighted by Gasteiger charge is 2.23. The Balaban J connectivity index is 4.28. The van der Waals surface area contributed by atoms with E-state index in [1.807, 2.05) is 27.2 Å². The predicted octanol–water partition coefficient (Wildman–Crippen LogP) is 16.4. The first-order valence-electron chi connectivity index (χ1n) is 28.4. The van der Waals surface area contributed by atoms with Crippen molar-refractivity contribution in [2.75, 3.05) is 40.9 Å². The number of allylic oxidation sites excluding steroid dienone is 5. The number of carbonyl (C=O) groups excluding carboxylic acids is 1. The van der Waals surface area contributed by atoms with Crippen LogP contribution in [0.1, 0.15) is 271 Å². The second kappa shape index (κ2) is 48.7. The molecule has 2 N–H and O–H groups in total. The van der Waals surface area contributed by atoms with E-state index in [1.54, 1.807) is 6.08 Å². The van der Waals surface area contributed by atoms with Crippen LogP contribution in [0.5, 0.6) is 0 Å². The summed E-state index contributed by atoms with van der Waals surface area (Å²) < 4.78 is 23.3. The number of likely N-dealkylation sites (N-methyl/N-ethyl adjacent to an activating group) is 1. The van der Waals surface area contributed by atoms with Gasteiger partial charge in [0.2, 0.25) is 5.91 Å². The van der Waals surface area contributed by atoms with Crippen LogP contribution in [0.2, 0.25) is 0 Å². The molecule has 0 aliphatic rings. The molecule has 0 aromatic heterocycles. The zero-order valence-corrected chi connectivity index (χ0v) is 45.3. The maximum Gasteiger partial charge on any atom is 0.268 e. The molecule has 0 heterocycles. The molecule has 0 aliphatic heterocycles. The number of carbonyl (C=O) groups is 1. The van der Waals surface area contributed by atoms with Gasteiger partial charge in [0.1, 0.15) is 13.2 Å². The minimum Gasteiger partial charge on any atom is -0.756 e. The van der Waals surface area contributed by atoms with Gasteiger partial charge in [0.15, 0.2) is 0 Å². The molecule has 1 amide bonds. The van der Waals surface area contributed by atoms with Gasteiger partial charge in [-0.05, 0) is 57.8 Å². The molecule has 8 nitrogen and oxygen atoms in total. The Labute approximate surface area is 410 Å². The molecule has 0 fully saturated rings. The number of phosphoric ester groups is 1. The Hall–Kier alpha value is -1.28. The van der Waals surface area contributed by atoms with Crippen LogP contribution >= 0.6 is 7.82 Å². The maximum atomic E-state index is 12.9. The number of unbranched alkanes of at least 4 members (excludes halogenated alkanes) is 35. The first-order chi connectivity index (χ1) is 32.0. The topological polar surface area (TPSA) is 108 Å². The van der Waals surface area contributed by atoms with Crippen LogP contribution in [0.3, 0.4) is 0 Å². The van der Waals surface area contributed by atoms with Gasteiger partial charge in [0.25, 0.3) is 7.82 Å². The second-order valence-corrected chi connectivity index (χ2v) is 22.0. The number of hydrogen-bond donors (Lipinski definition) is 2. The number of rotatable bonds is 52. The highest BCUT2D eigenvalue weighted by Crippen LogP contribution is 2.38. The first kappa shape index (κ1) is 64.7. The number of hydrogen-bond acceptors (Lipinski definition) is 6. The Morgan fingerprint density at radius 3 is 1.23 bits per heavy atom. The summed E-state index contributed by atoms with van der Waals surface area (Å²) in [5.74, 6) is -0.209.